The molecule has 2 aromatic carbocycles. The molecule has 1 aliphatic heterocycles. The highest BCUT2D eigenvalue weighted by molar-refractivity contribution is 6.30. The van der Waals surface area contributed by atoms with Gasteiger partial charge in [0.15, 0.2) is 11.6 Å². The Balaban J connectivity index is 2.03. The number of nitrogens with zero attached hydrogens (tertiary/aromatic N) is 1. The molecule has 0 saturated carbocycles. The molecule has 0 radical (unpaired) electrons. The van der Waals surface area contributed by atoms with Crippen LogP contribution in [0.4, 0.5) is 13.6 Å². The van der Waals surface area contributed by atoms with E-state index in [4.69, 9.17) is 21.1 Å². The third-order valence-corrected chi connectivity index (χ3v) is 4.79. The third kappa shape index (κ3) is 4.54. The quantitative estimate of drug-likeness (QED) is 0.689. The summed E-state index contributed by atoms with van der Waals surface area (Å²) in [5.41, 5.74) is 0.944. The largest absolute Gasteiger partial charge is 0.484 e. The van der Waals surface area contributed by atoms with Gasteiger partial charge in [-0.2, -0.15) is 0 Å². The lowest BCUT2D eigenvalue weighted by atomic mass is 9.95. The molecule has 0 bridgehead atoms. The first-order chi connectivity index (χ1) is 14.3. The SMILES string of the molecule is CCOC(=O)C1=C(COc2ccc(F)cc2F)N(C)C(=O)NC1c1ccc(Cl)cc1. The minimum Gasteiger partial charge on any atom is -0.484 e. The molecule has 1 heterocycles. The lowest BCUT2D eigenvalue weighted by Crippen LogP contribution is -2.48. The van der Waals surface area contributed by atoms with Crippen LogP contribution in [0.1, 0.15) is 18.5 Å². The fourth-order valence-electron chi connectivity index (χ4n) is 3.03. The number of hydrogen-bond donors (Lipinski definition) is 1. The maximum Gasteiger partial charge on any atom is 0.338 e. The van der Waals surface area contributed by atoms with E-state index in [1.54, 1.807) is 31.2 Å². The van der Waals surface area contributed by atoms with Gasteiger partial charge in [-0.3, -0.25) is 4.90 Å². The number of halogens is 3. The van der Waals surface area contributed by atoms with Gasteiger partial charge < -0.3 is 14.8 Å². The van der Waals surface area contributed by atoms with Gasteiger partial charge >= 0.3 is 12.0 Å². The van der Waals surface area contributed by atoms with Crippen LogP contribution in [0, 0.1) is 11.6 Å². The Labute approximate surface area is 177 Å². The predicted octanol–water partition coefficient (Wildman–Crippen LogP) is 4.21. The van der Waals surface area contributed by atoms with Crippen molar-refractivity contribution >= 4 is 23.6 Å². The molecule has 0 spiro atoms. The second-order valence-electron chi connectivity index (χ2n) is 6.44. The summed E-state index contributed by atoms with van der Waals surface area (Å²) in [6, 6.07) is 8.18. The number of rotatable bonds is 6. The average Bonchev–Trinajstić information content (AvgIpc) is 2.70. The van der Waals surface area contributed by atoms with Crippen molar-refractivity contribution in [2.24, 2.45) is 0 Å². The highest BCUT2D eigenvalue weighted by Crippen LogP contribution is 2.32. The zero-order valence-electron chi connectivity index (χ0n) is 16.2. The van der Waals surface area contributed by atoms with Crippen LogP contribution >= 0.6 is 11.6 Å². The van der Waals surface area contributed by atoms with Crippen molar-refractivity contribution in [3.05, 3.63) is 76.0 Å². The van der Waals surface area contributed by atoms with Gasteiger partial charge in [-0.25, -0.2) is 18.4 Å². The Bertz CT molecular complexity index is 995. The Morgan fingerprint density at radius 2 is 1.90 bits per heavy atom. The highest BCUT2D eigenvalue weighted by Gasteiger charge is 2.37. The van der Waals surface area contributed by atoms with Crippen LogP contribution < -0.4 is 10.1 Å². The Kier molecular flexibility index (Phi) is 6.56. The van der Waals surface area contributed by atoms with E-state index in [1.807, 2.05) is 0 Å². The Hall–Kier alpha value is -3.13. The Morgan fingerprint density at radius 1 is 1.20 bits per heavy atom. The molecule has 6 nitrogen and oxygen atoms in total. The fraction of sp³-hybridized carbons (Fsp3) is 0.238. The van der Waals surface area contributed by atoms with Gasteiger partial charge in [0.2, 0.25) is 0 Å². The molecular weight excluding hydrogens is 418 g/mol. The molecule has 1 atom stereocenters. The van der Waals surface area contributed by atoms with Gasteiger partial charge in [0.25, 0.3) is 0 Å². The minimum atomic E-state index is -0.898. The zero-order chi connectivity index (χ0) is 21.8. The summed E-state index contributed by atoms with van der Waals surface area (Å²) >= 11 is 5.94. The van der Waals surface area contributed by atoms with Gasteiger partial charge in [0.1, 0.15) is 12.4 Å². The smallest absolute Gasteiger partial charge is 0.338 e. The number of ether oxygens (including phenoxy) is 2. The van der Waals surface area contributed by atoms with Crippen LogP contribution in [0.3, 0.4) is 0 Å². The average molecular weight is 437 g/mol. The van der Waals surface area contributed by atoms with Gasteiger partial charge in [-0.05, 0) is 36.8 Å². The third-order valence-electron chi connectivity index (χ3n) is 4.53. The maximum absolute atomic E-state index is 14.0. The summed E-state index contributed by atoms with van der Waals surface area (Å²) in [6.45, 7) is 1.46. The monoisotopic (exact) mass is 436 g/mol. The number of esters is 1. The lowest BCUT2D eigenvalue weighted by Gasteiger charge is -2.34. The molecular formula is C21H19ClF2N2O4. The molecule has 2 amide bonds. The summed E-state index contributed by atoms with van der Waals surface area (Å²) in [4.78, 5) is 26.5. The second-order valence-corrected chi connectivity index (χ2v) is 6.87. The number of nitrogens with one attached hydrogen (secondary N) is 1. The summed E-state index contributed by atoms with van der Waals surface area (Å²) in [6.07, 6.45) is 0. The van der Waals surface area contributed by atoms with Gasteiger partial charge in [-0.15, -0.1) is 0 Å². The van der Waals surface area contributed by atoms with Crippen molar-refractivity contribution in [1.29, 1.82) is 0 Å². The van der Waals surface area contributed by atoms with Gasteiger partial charge in [0, 0.05) is 18.1 Å². The van der Waals surface area contributed by atoms with Crippen LogP contribution in [0.2, 0.25) is 5.02 Å². The van der Waals surface area contributed by atoms with Crippen molar-refractivity contribution in [2.75, 3.05) is 20.3 Å². The number of carbonyl (C=O) groups is 2. The summed E-state index contributed by atoms with van der Waals surface area (Å²) in [5.74, 6) is -2.51. The molecule has 3 rings (SSSR count). The van der Waals surface area contributed by atoms with E-state index in [-0.39, 0.29) is 30.2 Å². The fourth-order valence-corrected chi connectivity index (χ4v) is 3.15. The summed E-state index contributed by atoms with van der Waals surface area (Å²) < 4.78 is 37.7. The second kappa shape index (κ2) is 9.13. The van der Waals surface area contributed by atoms with Crippen LogP contribution in [0.25, 0.3) is 0 Å². The molecule has 1 N–H and O–H groups in total. The molecule has 30 heavy (non-hydrogen) atoms. The molecule has 0 saturated heterocycles. The number of likely N-dealkylation sites (N-methyl/N-ethyl adjacent to an activating group) is 1. The van der Waals surface area contributed by atoms with E-state index in [2.05, 4.69) is 5.32 Å². The van der Waals surface area contributed by atoms with Crippen molar-refractivity contribution in [2.45, 2.75) is 13.0 Å². The summed E-state index contributed by atoms with van der Waals surface area (Å²) in [5, 5.41) is 3.24. The van der Waals surface area contributed by atoms with E-state index < -0.39 is 29.7 Å². The molecule has 0 aliphatic carbocycles. The van der Waals surface area contributed by atoms with E-state index >= 15 is 0 Å². The van der Waals surface area contributed by atoms with Gasteiger partial charge in [0.05, 0.1) is 23.9 Å². The van der Waals surface area contributed by atoms with Crippen molar-refractivity contribution in [3.8, 4) is 5.75 Å². The Morgan fingerprint density at radius 3 is 2.53 bits per heavy atom. The first-order valence-corrected chi connectivity index (χ1v) is 9.47. The van der Waals surface area contributed by atoms with Crippen LogP contribution in [0.5, 0.6) is 5.75 Å². The number of hydrogen-bond acceptors (Lipinski definition) is 4. The van der Waals surface area contributed by atoms with Crippen molar-refractivity contribution in [1.82, 2.24) is 10.2 Å². The predicted molar refractivity (Wildman–Crippen MR) is 106 cm³/mol. The zero-order valence-corrected chi connectivity index (χ0v) is 17.0. The number of amides is 2. The highest BCUT2D eigenvalue weighted by atomic mass is 35.5. The van der Waals surface area contributed by atoms with Gasteiger partial charge in [-0.1, -0.05) is 23.7 Å². The molecule has 0 fully saturated rings. The van der Waals surface area contributed by atoms with Crippen molar-refractivity contribution in [3.63, 3.8) is 0 Å². The molecule has 158 valence electrons. The van der Waals surface area contributed by atoms with E-state index in [9.17, 15) is 18.4 Å². The minimum absolute atomic E-state index is 0.119. The van der Waals surface area contributed by atoms with Crippen LogP contribution in [-0.4, -0.2) is 37.2 Å². The number of benzene rings is 2. The molecule has 2 aromatic rings. The number of carbonyl (C=O) groups excluding carboxylic acids is 2. The number of urea groups is 1. The van der Waals surface area contributed by atoms with Crippen LogP contribution in [-0.2, 0) is 9.53 Å². The normalized spacial score (nSPS) is 16.4. The summed E-state index contributed by atoms with van der Waals surface area (Å²) in [7, 11) is 1.45. The topological polar surface area (TPSA) is 67.9 Å². The molecule has 1 unspecified atom stereocenters. The maximum atomic E-state index is 14.0. The van der Waals surface area contributed by atoms with Crippen molar-refractivity contribution < 1.29 is 27.8 Å². The lowest BCUT2D eigenvalue weighted by molar-refractivity contribution is -0.139. The standard InChI is InChI=1S/C21H19ClF2N2O4/c1-3-29-20(27)18-16(11-30-17-9-8-14(23)10-15(17)24)26(2)21(28)25-19(18)12-4-6-13(22)7-5-12/h4-10,19H,3,11H2,1-2H3,(H,25,28). The van der Waals surface area contributed by atoms with E-state index in [0.717, 1.165) is 12.1 Å². The van der Waals surface area contributed by atoms with E-state index in [1.165, 1.54) is 11.9 Å². The van der Waals surface area contributed by atoms with E-state index in [0.29, 0.717) is 16.7 Å². The first kappa shape index (κ1) is 21.6. The first-order valence-electron chi connectivity index (χ1n) is 9.09. The van der Waals surface area contributed by atoms with Crippen LogP contribution in [0.15, 0.2) is 53.7 Å². The molecule has 1 aliphatic rings. The molecule has 0 aromatic heterocycles. The molecule has 9 heteroatoms.